The maximum absolute atomic E-state index is 11.9. The summed E-state index contributed by atoms with van der Waals surface area (Å²) < 4.78 is 26.6. The summed E-state index contributed by atoms with van der Waals surface area (Å²) in [5.41, 5.74) is 3.22. The summed E-state index contributed by atoms with van der Waals surface area (Å²) in [6.45, 7) is 0. The average Bonchev–Trinajstić information content (AvgIpc) is 2.47. The van der Waals surface area contributed by atoms with Crippen LogP contribution in [0.2, 0.25) is 10.0 Å². The highest BCUT2D eigenvalue weighted by Gasteiger charge is 2.24. The van der Waals surface area contributed by atoms with Crippen LogP contribution in [0.15, 0.2) is 48.5 Å². The van der Waals surface area contributed by atoms with Crippen molar-refractivity contribution in [3.8, 4) is 0 Å². The van der Waals surface area contributed by atoms with Gasteiger partial charge >= 0.3 is 0 Å². The van der Waals surface area contributed by atoms with E-state index in [0.717, 1.165) is 16.7 Å². The fourth-order valence-corrected chi connectivity index (χ4v) is 3.89. The Bertz CT molecular complexity index is 843. The molecule has 0 unspecified atom stereocenters. The zero-order chi connectivity index (χ0) is 15.7. The van der Waals surface area contributed by atoms with Crippen molar-refractivity contribution in [1.29, 1.82) is 0 Å². The predicted octanol–water partition coefficient (Wildman–Crippen LogP) is 4.18. The zero-order valence-corrected chi connectivity index (χ0v) is 13.8. The van der Waals surface area contributed by atoms with Crippen LogP contribution in [-0.2, 0) is 10.0 Å². The molecule has 3 nitrogen and oxygen atoms in total. The third-order valence-corrected chi connectivity index (χ3v) is 5.23. The molecule has 1 N–H and O–H groups in total. The van der Waals surface area contributed by atoms with E-state index < -0.39 is 10.0 Å². The van der Waals surface area contributed by atoms with Gasteiger partial charge in [0.2, 0.25) is 10.0 Å². The number of allylic oxidation sites excluding steroid dienone is 1. The molecule has 1 aliphatic rings. The molecule has 1 heterocycles. The van der Waals surface area contributed by atoms with Gasteiger partial charge in [0.25, 0.3) is 0 Å². The molecule has 0 saturated heterocycles. The van der Waals surface area contributed by atoms with Crippen molar-refractivity contribution in [2.24, 2.45) is 0 Å². The van der Waals surface area contributed by atoms with E-state index in [4.69, 9.17) is 23.2 Å². The Hall–Kier alpha value is -1.49. The van der Waals surface area contributed by atoms with Crippen molar-refractivity contribution in [1.82, 2.24) is 4.72 Å². The standard InChI is InChI=1S/C16H13Cl2NO2S/c17-13-6-4-11(5-7-13)16-15(8-9-22(20,21)19-16)12-2-1-3-14(18)10-12/h1-7,10,19H,8-9H2. The Morgan fingerprint density at radius 1 is 0.909 bits per heavy atom. The maximum atomic E-state index is 11.9. The van der Waals surface area contributed by atoms with E-state index in [1.807, 2.05) is 18.2 Å². The number of benzene rings is 2. The topological polar surface area (TPSA) is 46.2 Å². The minimum atomic E-state index is -3.32. The third kappa shape index (κ3) is 3.29. The second-order valence-electron chi connectivity index (χ2n) is 5.04. The average molecular weight is 354 g/mol. The first-order valence-corrected chi connectivity index (χ1v) is 9.11. The van der Waals surface area contributed by atoms with Crippen molar-refractivity contribution in [3.05, 3.63) is 69.7 Å². The highest BCUT2D eigenvalue weighted by atomic mass is 35.5. The van der Waals surface area contributed by atoms with E-state index >= 15 is 0 Å². The summed E-state index contributed by atoms with van der Waals surface area (Å²) in [6, 6.07) is 14.5. The van der Waals surface area contributed by atoms with E-state index in [-0.39, 0.29) is 5.75 Å². The molecular formula is C16H13Cl2NO2S. The lowest BCUT2D eigenvalue weighted by atomic mass is 9.97. The van der Waals surface area contributed by atoms with Crippen molar-refractivity contribution in [2.45, 2.75) is 6.42 Å². The molecular weight excluding hydrogens is 341 g/mol. The Labute approximate surface area is 139 Å². The van der Waals surface area contributed by atoms with Crippen LogP contribution in [0.3, 0.4) is 0 Å². The van der Waals surface area contributed by atoms with Gasteiger partial charge in [-0.3, -0.25) is 4.72 Å². The summed E-state index contributed by atoms with van der Waals surface area (Å²) in [6.07, 6.45) is 0.438. The van der Waals surface area contributed by atoms with E-state index in [0.29, 0.717) is 22.2 Å². The molecule has 0 saturated carbocycles. The highest BCUT2D eigenvalue weighted by Crippen LogP contribution is 2.33. The molecule has 2 aromatic carbocycles. The van der Waals surface area contributed by atoms with E-state index in [2.05, 4.69) is 4.72 Å². The van der Waals surface area contributed by atoms with Crippen LogP contribution in [0.25, 0.3) is 11.3 Å². The van der Waals surface area contributed by atoms with Crippen LogP contribution in [0, 0.1) is 0 Å². The minimum absolute atomic E-state index is 0.0614. The van der Waals surface area contributed by atoms with Gasteiger partial charge in [0.15, 0.2) is 0 Å². The fourth-order valence-electron chi connectivity index (χ4n) is 2.44. The predicted molar refractivity (Wildman–Crippen MR) is 91.3 cm³/mol. The molecule has 22 heavy (non-hydrogen) atoms. The van der Waals surface area contributed by atoms with Crippen LogP contribution in [-0.4, -0.2) is 14.2 Å². The van der Waals surface area contributed by atoms with Gasteiger partial charge in [-0.05, 0) is 47.4 Å². The molecule has 114 valence electrons. The summed E-state index contributed by atoms with van der Waals surface area (Å²) in [7, 11) is -3.32. The lowest BCUT2D eigenvalue weighted by Gasteiger charge is -2.23. The number of hydrogen-bond donors (Lipinski definition) is 1. The van der Waals surface area contributed by atoms with Gasteiger partial charge in [0, 0.05) is 10.0 Å². The smallest absolute Gasteiger partial charge is 0.233 e. The number of sulfonamides is 1. The first-order chi connectivity index (χ1) is 10.4. The van der Waals surface area contributed by atoms with Crippen LogP contribution in [0.5, 0.6) is 0 Å². The first-order valence-electron chi connectivity index (χ1n) is 6.70. The van der Waals surface area contributed by atoms with Crippen LogP contribution in [0.4, 0.5) is 0 Å². The molecule has 6 heteroatoms. The van der Waals surface area contributed by atoms with Crippen molar-refractivity contribution < 1.29 is 8.42 Å². The summed E-state index contributed by atoms with van der Waals surface area (Å²) in [4.78, 5) is 0. The zero-order valence-electron chi connectivity index (χ0n) is 11.5. The fraction of sp³-hybridized carbons (Fsp3) is 0.125. The summed E-state index contributed by atoms with van der Waals surface area (Å²) in [5.74, 6) is 0.0614. The largest absolute Gasteiger partial charge is 0.283 e. The van der Waals surface area contributed by atoms with E-state index in [1.165, 1.54) is 0 Å². The lowest BCUT2D eigenvalue weighted by molar-refractivity contribution is 0.590. The first kappa shape index (κ1) is 15.4. The van der Waals surface area contributed by atoms with Crippen LogP contribution < -0.4 is 4.72 Å². The van der Waals surface area contributed by atoms with Gasteiger partial charge in [-0.1, -0.05) is 47.5 Å². The van der Waals surface area contributed by atoms with Crippen molar-refractivity contribution in [2.75, 3.05) is 5.75 Å². The number of rotatable bonds is 2. The van der Waals surface area contributed by atoms with Crippen molar-refractivity contribution >= 4 is 44.5 Å². The Morgan fingerprint density at radius 2 is 1.64 bits per heavy atom. The normalized spacial score (nSPS) is 17.2. The quantitative estimate of drug-likeness (QED) is 0.879. The molecule has 0 amide bonds. The number of halogens is 2. The van der Waals surface area contributed by atoms with Gasteiger partial charge in [0.05, 0.1) is 11.4 Å². The lowest BCUT2D eigenvalue weighted by Crippen LogP contribution is -2.30. The summed E-state index contributed by atoms with van der Waals surface area (Å²) >= 11 is 12.0. The monoisotopic (exact) mass is 353 g/mol. The molecule has 0 spiro atoms. The van der Waals surface area contributed by atoms with Gasteiger partial charge in [-0.15, -0.1) is 0 Å². The van der Waals surface area contributed by atoms with Crippen LogP contribution in [0.1, 0.15) is 17.5 Å². The molecule has 0 aliphatic carbocycles. The van der Waals surface area contributed by atoms with Gasteiger partial charge in [-0.2, -0.15) is 0 Å². The molecule has 0 aromatic heterocycles. The SMILES string of the molecule is O=S1(=O)CCC(c2cccc(Cl)c2)=C(c2ccc(Cl)cc2)N1. The summed E-state index contributed by atoms with van der Waals surface area (Å²) in [5, 5.41) is 1.22. The third-order valence-electron chi connectivity index (χ3n) is 3.49. The Balaban J connectivity index is 2.17. The number of nitrogens with one attached hydrogen (secondary N) is 1. The van der Waals surface area contributed by atoms with Gasteiger partial charge < -0.3 is 0 Å². The minimum Gasteiger partial charge on any atom is -0.283 e. The maximum Gasteiger partial charge on any atom is 0.233 e. The molecule has 0 fully saturated rings. The van der Waals surface area contributed by atoms with Gasteiger partial charge in [-0.25, -0.2) is 8.42 Å². The van der Waals surface area contributed by atoms with E-state index in [9.17, 15) is 8.42 Å². The Morgan fingerprint density at radius 3 is 2.32 bits per heavy atom. The highest BCUT2D eigenvalue weighted by molar-refractivity contribution is 7.89. The number of hydrogen-bond acceptors (Lipinski definition) is 2. The molecule has 0 bridgehead atoms. The van der Waals surface area contributed by atoms with Gasteiger partial charge in [0.1, 0.15) is 0 Å². The molecule has 3 rings (SSSR count). The molecule has 1 aliphatic heterocycles. The Kier molecular flexibility index (Phi) is 4.17. The van der Waals surface area contributed by atoms with E-state index in [1.54, 1.807) is 30.3 Å². The molecule has 0 radical (unpaired) electrons. The molecule has 0 atom stereocenters. The van der Waals surface area contributed by atoms with Crippen LogP contribution >= 0.6 is 23.2 Å². The second kappa shape index (κ2) is 5.95. The van der Waals surface area contributed by atoms with Crippen molar-refractivity contribution in [3.63, 3.8) is 0 Å². The molecule has 2 aromatic rings. The second-order valence-corrected chi connectivity index (χ2v) is 7.76.